The fraction of sp³-hybridized carbons (Fsp3) is 0.556. The van der Waals surface area contributed by atoms with E-state index in [-0.39, 0.29) is 17.9 Å². The topological polar surface area (TPSA) is 78.4 Å². The lowest BCUT2D eigenvalue weighted by Gasteiger charge is -2.01. The highest BCUT2D eigenvalue weighted by molar-refractivity contribution is 7.07. The highest BCUT2D eigenvalue weighted by atomic mass is 32.1. The molecule has 1 heterocycles. The number of hydrogen-bond donors (Lipinski definition) is 0. The van der Waals surface area contributed by atoms with Gasteiger partial charge in [-0.1, -0.05) is 4.49 Å². The molecule has 0 bridgehead atoms. The van der Waals surface area contributed by atoms with Crippen LogP contribution >= 0.6 is 11.5 Å². The van der Waals surface area contributed by atoms with Crippen molar-refractivity contribution >= 4 is 23.5 Å². The Morgan fingerprint density at radius 1 is 1.25 bits per heavy atom. The molecular weight excluding hydrogens is 232 g/mol. The number of carbonyl (C=O) groups is 2. The van der Waals surface area contributed by atoms with Crippen LogP contribution in [0.3, 0.4) is 0 Å². The highest BCUT2D eigenvalue weighted by Crippen LogP contribution is 2.13. The third kappa shape index (κ3) is 3.27. The second-order valence-electron chi connectivity index (χ2n) is 2.75. The molecule has 6 nitrogen and oxygen atoms in total. The summed E-state index contributed by atoms with van der Waals surface area (Å²) in [5.41, 5.74) is 0.307. The van der Waals surface area contributed by atoms with Gasteiger partial charge in [-0.25, -0.2) is 4.79 Å². The minimum absolute atomic E-state index is 0.0571. The quantitative estimate of drug-likeness (QED) is 0.713. The smallest absolute Gasteiger partial charge is 0.351 e. The van der Waals surface area contributed by atoms with E-state index in [0.29, 0.717) is 12.3 Å². The Balaban J connectivity index is 2.70. The normalized spacial score (nSPS) is 9.88. The maximum absolute atomic E-state index is 11.4. The number of aromatic nitrogens is 2. The van der Waals surface area contributed by atoms with Crippen LogP contribution in [-0.2, 0) is 20.7 Å². The van der Waals surface area contributed by atoms with Gasteiger partial charge in [0.25, 0.3) is 0 Å². The number of carbonyl (C=O) groups excluding carboxylic acids is 2. The summed E-state index contributed by atoms with van der Waals surface area (Å²) >= 11 is 0.914. The van der Waals surface area contributed by atoms with Crippen LogP contribution in [0.5, 0.6) is 0 Å². The third-order valence-electron chi connectivity index (χ3n) is 1.63. The zero-order chi connectivity index (χ0) is 12.0. The molecule has 0 fully saturated rings. The average molecular weight is 244 g/mol. The van der Waals surface area contributed by atoms with Gasteiger partial charge in [-0.15, -0.1) is 5.10 Å². The lowest BCUT2D eigenvalue weighted by atomic mass is 10.3. The van der Waals surface area contributed by atoms with E-state index in [1.54, 1.807) is 13.8 Å². The van der Waals surface area contributed by atoms with E-state index in [0.717, 1.165) is 11.5 Å². The van der Waals surface area contributed by atoms with Crippen molar-refractivity contribution < 1.29 is 19.1 Å². The Kier molecular flexibility index (Phi) is 4.84. The number of nitrogens with zero attached hydrogens (tertiary/aromatic N) is 2. The van der Waals surface area contributed by atoms with Crippen LogP contribution in [0.15, 0.2) is 0 Å². The number of rotatable bonds is 5. The Bertz CT molecular complexity index is 377. The highest BCUT2D eigenvalue weighted by Gasteiger charge is 2.19. The van der Waals surface area contributed by atoms with Gasteiger partial charge in [0, 0.05) is 0 Å². The van der Waals surface area contributed by atoms with E-state index in [2.05, 4.69) is 9.59 Å². The van der Waals surface area contributed by atoms with Gasteiger partial charge in [0.2, 0.25) is 0 Å². The summed E-state index contributed by atoms with van der Waals surface area (Å²) in [4.78, 5) is 22.9. The van der Waals surface area contributed by atoms with Crippen molar-refractivity contribution in [3.05, 3.63) is 10.6 Å². The standard InChI is InChI=1S/C9H12N2O4S/c1-3-14-7(12)5-6-8(16-11-10-6)9(13)15-4-2/h3-5H2,1-2H3. The van der Waals surface area contributed by atoms with Gasteiger partial charge in [-0.2, -0.15) is 0 Å². The molecule has 0 aromatic carbocycles. The van der Waals surface area contributed by atoms with Gasteiger partial charge >= 0.3 is 11.9 Å². The second-order valence-corrected chi connectivity index (χ2v) is 3.51. The zero-order valence-corrected chi connectivity index (χ0v) is 9.87. The molecule has 1 aromatic rings. The van der Waals surface area contributed by atoms with Crippen molar-refractivity contribution in [2.75, 3.05) is 13.2 Å². The number of hydrogen-bond acceptors (Lipinski definition) is 7. The number of ether oxygens (including phenoxy) is 2. The predicted molar refractivity (Wildman–Crippen MR) is 56.2 cm³/mol. The first kappa shape index (κ1) is 12.6. The molecule has 1 aromatic heterocycles. The fourth-order valence-electron chi connectivity index (χ4n) is 1.02. The molecule has 0 N–H and O–H groups in total. The Morgan fingerprint density at radius 2 is 1.94 bits per heavy atom. The van der Waals surface area contributed by atoms with Gasteiger partial charge in [0.15, 0.2) is 4.88 Å². The summed E-state index contributed by atoms with van der Waals surface area (Å²) in [7, 11) is 0. The fourth-order valence-corrected chi connectivity index (χ4v) is 1.60. The molecular formula is C9H12N2O4S. The lowest BCUT2D eigenvalue weighted by molar-refractivity contribution is -0.142. The van der Waals surface area contributed by atoms with Crippen molar-refractivity contribution in [2.45, 2.75) is 20.3 Å². The minimum Gasteiger partial charge on any atom is -0.466 e. The molecule has 88 valence electrons. The van der Waals surface area contributed by atoms with Crippen LogP contribution in [0.4, 0.5) is 0 Å². The first-order valence-electron chi connectivity index (χ1n) is 4.83. The maximum Gasteiger partial charge on any atom is 0.351 e. The molecule has 0 aliphatic rings. The molecule has 0 amide bonds. The first-order valence-corrected chi connectivity index (χ1v) is 5.60. The minimum atomic E-state index is -0.503. The Hall–Kier alpha value is -1.50. The van der Waals surface area contributed by atoms with Crippen LogP contribution in [0, 0.1) is 0 Å². The molecule has 0 spiro atoms. The molecule has 0 aliphatic heterocycles. The second kappa shape index (κ2) is 6.16. The van der Waals surface area contributed by atoms with E-state index >= 15 is 0 Å². The monoisotopic (exact) mass is 244 g/mol. The van der Waals surface area contributed by atoms with Crippen LogP contribution < -0.4 is 0 Å². The van der Waals surface area contributed by atoms with E-state index in [9.17, 15) is 9.59 Å². The van der Waals surface area contributed by atoms with Crippen LogP contribution in [0.25, 0.3) is 0 Å². The van der Waals surface area contributed by atoms with Crippen molar-refractivity contribution in [2.24, 2.45) is 0 Å². The van der Waals surface area contributed by atoms with Gasteiger partial charge in [-0.05, 0) is 25.4 Å². The summed E-state index contributed by atoms with van der Waals surface area (Å²) in [5.74, 6) is -0.933. The summed E-state index contributed by atoms with van der Waals surface area (Å²) in [6.07, 6.45) is -0.0571. The van der Waals surface area contributed by atoms with E-state index in [1.165, 1.54) is 0 Å². The summed E-state index contributed by atoms with van der Waals surface area (Å²) in [5, 5.41) is 3.71. The third-order valence-corrected chi connectivity index (χ3v) is 2.38. The maximum atomic E-state index is 11.4. The molecule has 0 radical (unpaired) electrons. The molecule has 0 atom stereocenters. The molecule has 16 heavy (non-hydrogen) atoms. The van der Waals surface area contributed by atoms with Gasteiger partial charge in [-0.3, -0.25) is 4.79 Å². The van der Waals surface area contributed by atoms with Crippen molar-refractivity contribution in [3.8, 4) is 0 Å². The number of esters is 2. The summed E-state index contributed by atoms with van der Waals surface area (Å²) < 4.78 is 13.2. The SMILES string of the molecule is CCOC(=O)Cc1nnsc1C(=O)OCC. The largest absolute Gasteiger partial charge is 0.466 e. The van der Waals surface area contributed by atoms with Crippen LogP contribution in [0.1, 0.15) is 29.2 Å². The van der Waals surface area contributed by atoms with E-state index < -0.39 is 11.9 Å². The zero-order valence-electron chi connectivity index (χ0n) is 9.06. The summed E-state index contributed by atoms with van der Waals surface area (Å²) in [6, 6.07) is 0. The molecule has 7 heteroatoms. The van der Waals surface area contributed by atoms with Crippen molar-refractivity contribution in [1.82, 2.24) is 9.59 Å². The molecule has 0 saturated heterocycles. The van der Waals surface area contributed by atoms with Crippen LogP contribution in [-0.4, -0.2) is 34.7 Å². The molecule has 1 rings (SSSR count). The molecule has 0 aliphatic carbocycles. The van der Waals surface area contributed by atoms with Gasteiger partial charge in [0.1, 0.15) is 5.69 Å². The summed E-state index contributed by atoms with van der Waals surface area (Å²) in [6.45, 7) is 3.99. The Morgan fingerprint density at radius 3 is 2.56 bits per heavy atom. The van der Waals surface area contributed by atoms with E-state index in [1.807, 2.05) is 0 Å². The molecule has 0 unspecified atom stereocenters. The van der Waals surface area contributed by atoms with Gasteiger partial charge in [0.05, 0.1) is 19.6 Å². The first-order chi connectivity index (χ1) is 7.69. The average Bonchev–Trinajstić information content (AvgIpc) is 2.66. The predicted octanol–water partition coefficient (Wildman–Crippen LogP) is 0.820. The van der Waals surface area contributed by atoms with E-state index in [4.69, 9.17) is 9.47 Å². The van der Waals surface area contributed by atoms with Crippen molar-refractivity contribution in [3.63, 3.8) is 0 Å². The molecule has 0 saturated carbocycles. The van der Waals surface area contributed by atoms with Crippen molar-refractivity contribution in [1.29, 1.82) is 0 Å². The van der Waals surface area contributed by atoms with Crippen LogP contribution in [0.2, 0.25) is 0 Å². The van der Waals surface area contributed by atoms with Gasteiger partial charge < -0.3 is 9.47 Å². The lowest BCUT2D eigenvalue weighted by Crippen LogP contribution is -2.12. The Labute approximate surface area is 96.7 Å².